The Balaban J connectivity index is 2.33. The molecule has 0 bridgehead atoms. The Kier molecular flexibility index (Phi) is 5.58. The molecule has 1 fully saturated rings. The second kappa shape index (κ2) is 6.62. The molecule has 0 amide bonds. The zero-order chi connectivity index (χ0) is 14.0. The molecule has 1 aromatic rings. The fraction of sp³-hybridized carbons (Fsp3) is 0.625. The highest BCUT2D eigenvalue weighted by molar-refractivity contribution is 9.11. The van der Waals surface area contributed by atoms with E-state index in [1.165, 1.54) is 42.1 Å². The second-order valence-corrected chi connectivity index (χ2v) is 8.88. The minimum Gasteiger partial charge on any atom is -0.0832 e. The molecule has 106 valence electrons. The van der Waals surface area contributed by atoms with Crippen molar-refractivity contribution in [1.82, 2.24) is 0 Å². The Morgan fingerprint density at radius 1 is 1.16 bits per heavy atom. The van der Waals surface area contributed by atoms with Crippen molar-refractivity contribution in [3.63, 3.8) is 0 Å². The van der Waals surface area contributed by atoms with Crippen LogP contribution in [0.5, 0.6) is 0 Å². The monoisotopic (exact) mass is 450 g/mol. The van der Waals surface area contributed by atoms with E-state index in [9.17, 15) is 0 Å². The highest BCUT2D eigenvalue weighted by Crippen LogP contribution is 2.56. The molecule has 1 saturated carbocycles. The van der Waals surface area contributed by atoms with E-state index in [1.54, 1.807) is 0 Å². The maximum Gasteiger partial charge on any atom is 0.0463 e. The van der Waals surface area contributed by atoms with Crippen molar-refractivity contribution in [3.8, 4) is 0 Å². The van der Waals surface area contributed by atoms with Gasteiger partial charge in [-0.05, 0) is 54.4 Å². The van der Waals surface area contributed by atoms with Gasteiger partial charge in [0.1, 0.15) is 0 Å². The molecule has 0 spiro atoms. The maximum atomic E-state index is 4.03. The lowest BCUT2D eigenvalue weighted by molar-refractivity contribution is 0.230. The fourth-order valence-corrected chi connectivity index (χ4v) is 5.68. The van der Waals surface area contributed by atoms with Gasteiger partial charge in [-0.2, -0.15) is 0 Å². The zero-order valence-corrected chi connectivity index (χ0v) is 16.3. The zero-order valence-electron chi connectivity index (χ0n) is 11.6. The number of halogens is 3. The van der Waals surface area contributed by atoms with Crippen LogP contribution in [-0.4, -0.2) is 0 Å². The smallest absolute Gasteiger partial charge is 0.0463 e. The van der Waals surface area contributed by atoms with Crippen LogP contribution in [0.1, 0.15) is 56.3 Å². The van der Waals surface area contributed by atoms with E-state index >= 15 is 0 Å². The van der Waals surface area contributed by atoms with Crippen molar-refractivity contribution < 1.29 is 0 Å². The molecule has 0 heterocycles. The average Bonchev–Trinajstić information content (AvgIpc) is 2.80. The summed E-state index contributed by atoms with van der Waals surface area (Å²) in [6.07, 6.45) is 6.75. The molecule has 1 aliphatic rings. The normalized spacial score (nSPS) is 19.9. The molecular weight excluding hydrogens is 432 g/mol. The lowest BCUT2D eigenvalue weighted by Gasteiger charge is -2.36. The van der Waals surface area contributed by atoms with E-state index < -0.39 is 0 Å². The van der Waals surface area contributed by atoms with Gasteiger partial charge in [0.05, 0.1) is 0 Å². The second-order valence-electron chi connectivity index (χ2n) is 6.20. The molecule has 3 heteroatoms. The first-order valence-electron chi connectivity index (χ1n) is 7.04. The molecule has 2 rings (SSSR count). The van der Waals surface area contributed by atoms with Crippen LogP contribution < -0.4 is 0 Å². The van der Waals surface area contributed by atoms with Crippen LogP contribution in [0, 0.1) is 11.3 Å². The van der Waals surface area contributed by atoms with Crippen molar-refractivity contribution in [1.29, 1.82) is 0 Å². The number of hydrogen-bond acceptors (Lipinski definition) is 0. The molecule has 0 saturated heterocycles. The Bertz CT molecular complexity index is 434. The third-order valence-electron chi connectivity index (χ3n) is 4.18. The first-order valence-corrected chi connectivity index (χ1v) is 9.54. The lowest BCUT2D eigenvalue weighted by Crippen LogP contribution is -2.24. The summed E-state index contributed by atoms with van der Waals surface area (Å²) in [6, 6.07) is 6.49. The number of hydrogen-bond donors (Lipinski definition) is 0. The predicted molar refractivity (Wildman–Crippen MR) is 93.9 cm³/mol. The molecule has 1 unspecified atom stereocenters. The molecule has 1 aliphatic carbocycles. The summed E-state index contributed by atoms with van der Waals surface area (Å²) in [5.74, 6) is 0.754. The Morgan fingerprint density at radius 2 is 1.79 bits per heavy atom. The molecule has 0 aliphatic heterocycles. The maximum absolute atomic E-state index is 4.03. The predicted octanol–water partition coefficient (Wildman–Crippen LogP) is 7.25. The lowest BCUT2D eigenvalue weighted by atomic mass is 9.74. The minimum atomic E-state index is 0.428. The first-order chi connectivity index (χ1) is 8.94. The summed E-state index contributed by atoms with van der Waals surface area (Å²) in [6.45, 7) is 4.69. The van der Waals surface area contributed by atoms with Gasteiger partial charge >= 0.3 is 0 Å². The largest absolute Gasteiger partial charge is 0.0832 e. The van der Waals surface area contributed by atoms with Crippen molar-refractivity contribution in [3.05, 3.63) is 32.7 Å². The van der Waals surface area contributed by atoms with Crippen LogP contribution in [0.25, 0.3) is 0 Å². The van der Waals surface area contributed by atoms with Crippen molar-refractivity contribution in [2.24, 2.45) is 11.3 Å². The summed E-state index contributed by atoms with van der Waals surface area (Å²) in [4.78, 5) is 0.441. The molecule has 1 atom stereocenters. The van der Waals surface area contributed by atoms with Crippen molar-refractivity contribution in [2.45, 2.75) is 50.8 Å². The van der Waals surface area contributed by atoms with Gasteiger partial charge in [0.25, 0.3) is 0 Å². The number of alkyl halides is 1. The van der Waals surface area contributed by atoms with Gasteiger partial charge in [-0.25, -0.2) is 0 Å². The molecule has 1 aromatic carbocycles. The molecule has 0 radical (unpaired) electrons. The molecule has 0 aromatic heterocycles. The highest BCUT2D eigenvalue weighted by Gasteiger charge is 2.41. The van der Waals surface area contributed by atoms with Gasteiger partial charge in [-0.1, -0.05) is 74.5 Å². The van der Waals surface area contributed by atoms with Crippen LogP contribution in [0.4, 0.5) is 0 Å². The van der Waals surface area contributed by atoms with Crippen LogP contribution in [0.2, 0.25) is 0 Å². The van der Waals surface area contributed by atoms with Crippen LogP contribution in [0.3, 0.4) is 0 Å². The van der Waals surface area contributed by atoms with Crippen LogP contribution in [-0.2, 0) is 0 Å². The van der Waals surface area contributed by atoms with E-state index in [4.69, 9.17) is 0 Å². The fourth-order valence-electron chi connectivity index (χ4n) is 3.49. The molecule has 0 nitrogen and oxygen atoms in total. The van der Waals surface area contributed by atoms with Gasteiger partial charge in [0, 0.05) is 13.8 Å². The SMILES string of the molecule is CC(C)CC1(C(Br)c2cc(Br)ccc2Br)CCCC1. The van der Waals surface area contributed by atoms with E-state index in [0.717, 1.165) is 10.4 Å². The summed E-state index contributed by atoms with van der Waals surface area (Å²) in [5.41, 5.74) is 1.81. The summed E-state index contributed by atoms with van der Waals surface area (Å²) >= 11 is 11.4. The molecule has 19 heavy (non-hydrogen) atoms. The van der Waals surface area contributed by atoms with E-state index in [0.29, 0.717) is 10.2 Å². The third-order valence-corrected chi connectivity index (χ3v) is 6.86. The minimum absolute atomic E-state index is 0.428. The summed E-state index contributed by atoms with van der Waals surface area (Å²) < 4.78 is 2.38. The van der Waals surface area contributed by atoms with Gasteiger partial charge in [0.2, 0.25) is 0 Å². The topological polar surface area (TPSA) is 0 Å². The number of rotatable bonds is 4. The summed E-state index contributed by atoms with van der Waals surface area (Å²) in [7, 11) is 0. The quantitative estimate of drug-likeness (QED) is 0.422. The van der Waals surface area contributed by atoms with Gasteiger partial charge in [-0.15, -0.1) is 0 Å². The Morgan fingerprint density at radius 3 is 2.37 bits per heavy atom. The van der Waals surface area contributed by atoms with Crippen LogP contribution in [0.15, 0.2) is 27.1 Å². The first kappa shape index (κ1) is 16.0. The van der Waals surface area contributed by atoms with E-state index in [2.05, 4.69) is 79.8 Å². The third kappa shape index (κ3) is 3.65. The van der Waals surface area contributed by atoms with Gasteiger partial charge < -0.3 is 0 Å². The standard InChI is InChI=1S/C16H21Br3/c1-11(2)10-16(7-3-4-8-16)15(19)13-9-12(17)5-6-14(13)18/h5-6,9,11,15H,3-4,7-8,10H2,1-2H3. The van der Waals surface area contributed by atoms with Crippen LogP contribution >= 0.6 is 47.8 Å². The Labute approximate surface area is 142 Å². The summed E-state index contributed by atoms with van der Waals surface area (Å²) in [5, 5.41) is 0. The highest BCUT2D eigenvalue weighted by atomic mass is 79.9. The van der Waals surface area contributed by atoms with E-state index in [1.807, 2.05) is 0 Å². The molecular formula is C16H21Br3. The number of benzene rings is 1. The van der Waals surface area contributed by atoms with Crippen molar-refractivity contribution in [2.75, 3.05) is 0 Å². The molecule has 0 N–H and O–H groups in total. The Hall–Kier alpha value is 0.660. The van der Waals surface area contributed by atoms with E-state index in [-0.39, 0.29) is 0 Å². The van der Waals surface area contributed by atoms with Gasteiger partial charge in [-0.3, -0.25) is 0 Å². The van der Waals surface area contributed by atoms with Crippen molar-refractivity contribution >= 4 is 47.8 Å². The van der Waals surface area contributed by atoms with Gasteiger partial charge in [0.15, 0.2) is 0 Å². The average molecular weight is 453 g/mol.